The molecule has 5 nitrogen and oxygen atoms in total. The number of ether oxygens (including phenoxy) is 2. The Morgan fingerprint density at radius 3 is 2.38 bits per heavy atom. The van der Waals surface area contributed by atoms with Gasteiger partial charge in [0, 0.05) is 9.64 Å². The van der Waals surface area contributed by atoms with Gasteiger partial charge in [-0.2, -0.15) is 5.10 Å². The smallest absolute Gasteiger partial charge is 0.337 e. The topological polar surface area (TPSA) is 53.4 Å². The van der Waals surface area contributed by atoms with Gasteiger partial charge >= 0.3 is 5.97 Å². The van der Waals surface area contributed by atoms with Crippen molar-refractivity contribution in [2.45, 2.75) is 56.8 Å². The zero-order valence-corrected chi connectivity index (χ0v) is 25.2. The van der Waals surface area contributed by atoms with Crippen LogP contribution < -0.4 is 4.74 Å². The molecule has 4 aromatic rings. The lowest BCUT2D eigenvalue weighted by atomic mass is 9.97. The summed E-state index contributed by atoms with van der Waals surface area (Å²) in [5.74, 6) is 0.669. The van der Waals surface area contributed by atoms with E-state index >= 15 is 0 Å². The van der Waals surface area contributed by atoms with Crippen LogP contribution in [-0.4, -0.2) is 22.9 Å². The molecule has 0 aliphatic heterocycles. The molecular weight excluding hydrogens is 551 g/mol. The first-order chi connectivity index (χ1) is 18.5. The Bertz CT molecular complexity index is 1480. The van der Waals surface area contributed by atoms with Gasteiger partial charge in [-0.05, 0) is 85.8 Å². The molecule has 0 aliphatic rings. The largest absolute Gasteiger partial charge is 0.487 e. The average molecular weight is 584 g/mol. The first kappa shape index (κ1) is 29.1. The molecule has 0 fully saturated rings. The number of halogens is 2. The van der Waals surface area contributed by atoms with Crippen molar-refractivity contribution in [3.05, 3.63) is 105 Å². The molecule has 204 valence electrons. The molecule has 0 saturated carbocycles. The molecule has 0 bridgehead atoms. The van der Waals surface area contributed by atoms with Crippen LogP contribution in [0.25, 0.3) is 5.69 Å². The summed E-state index contributed by atoms with van der Waals surface area (Å²) < 4.78 is 12.7. The van der Waals surface area contributed by atoms with Gasteiger partial charge in [-0.15, -0.1) is 11.8 Å². The fourth-order valence-corrected chi connectivity index (χ4v) is 6.42. The molecule has 0 radical (unpaired) electrons. The van der Waals surface area contributed by atoms with Gasteiger partial charge in [0.2, 0.25) is 0 Å². The summed E-state index contributed by atoms with van der Waals surface area (Å²) in [6, 6.07) is 19.1. The lowest BCUT2D eigenvalue weighted by Crippen LogP contribution is -2.14. The van der Waals surface area contributed by atoms with Crippen LogP contribution in [0.1, 0.15) is 66.4 Å². The Morgan fingerprint density at radius 2 is 1.74 bits per heavy atom. The second kappa shape index (κ2) is 12.1. The minimum Gasteiger partial charge on any atom is -0.487 e. The van der Waals surface area contributed by atoms with Crippen molar-refractivity contribution >= 4 is 40.9 Å². The maximum absolute atomic E-state index is 12.0. The third kappa shape index (κ3) is 6.46. The Labute approximate surface area is 244 Å². The molecule has 0 unspecified atom stereocenters. The molecule has 4 rings (SSSR count). The highest BCUT2D eigenvalue weighted by Crippen LogP contribution is 2.43. The van der Waals surface area contributed by atoms with Crippen LogP contribution in [0, 0.1) is 6.92 Å². The first-order valence-electron chi connectivity index (χ1n) is 12.6. The molecule has 0 aliphatic carbocycles. The number of carbonyl (C=O) groups excluding carboxylic acids is 1. The van der Waals surface area contributed by atoms with Crippen LogP contribution in [0.3, 0.4) is 0 Å². The van der Waals surface area contributed by atoms with Crippen molar-refractivity contribution in [3.63, 3.8) is 0 Å². The monoisotopic (exact) mass is 582 g/mol. The number of aromatic nitrogens is 2. The normalized spacial score (nSPS) is 11.6. The van der Waals surface area contributed by atoms with Crippen molar-refractivity contribution in [3.8, 4) is 11.4 Å². The Morgan fingerprint density at radius 1 is 1.05 bits per heavy atom. The fraction of sp³-hybridized carbons (Fsp3) is 0.290. The van der Waals surface area contributed by atoms with Gasteiger partial charge < -0.3 is 9.47 Å². The molecule has 0 N–H and O–H groups in total. The van der Waals surface area contributed by atoms with Crippen molar-refractivity contribution in [2.24, 2.45) is 0 Å². The van der Waals surface area contributed by atoms with Crippen LogP contribution in [0.2, 0.25) is 10.0 Å². The van der Waals surface area contributed by atoms with Gasteiger partial charge in [0.25, 0.3) is 0 Å². The third-order valence-corrected chi connectivity index (χ3v) is 8.35. The van der Waals surface area contributed by atoms with E-state index in [4.69, 9.17) is 32.7 Å². The van der Waals surface area contributed by atoms with E-state index < -0.39 is 0 Å². The maximum Gasteiger partial charge on any atom is 0.337 e. The molecule has 0 saturated heterocycles. The minimum absolute atomic E-state index is 0.248. The van der Waals surface area contributed by atoms with Crippen molar-refractivity contribution in [1.82, 2.24) is 9.78 Å². The summed E-state index contributed by atoms with van der Waals surface area (Å²) in [4.78, 5) is 13.0. The van der Waals surface area contributed by atoms with E-state index in [1.165, 1.54) is 12.7 Å². The van der Waals surface area contributed by atoms with Gasteiger partial charge in [0.15, 0.2) is 0 Å². The SMILES string of the molecule is COC(=O)c1cccc(SC(C)(C)c2ccc(OCc3c(C(C)C)cnn3-c3c(Cl)cccc3Cl)cc2C)c1. The van der Waals surface area contributed by atoms with Crippen molar-refractivity contribution in [2.75, 3.05) is 7.11 Å². The lowest BCUT2D eigenvalue weighted by molar-refractivity contribution is 0.0600. The highest BCUT2D eigenvalue weighted by molar-refractivity contribution is 8.00. The molecule has 1 aromatic heterocycles. The summed E-state index contributed by atoms with van der Waals surface area (Å²) >= 11 is 14.7. The summed E-state index contributed by atoms with van der Waals surface area (Å²) in [6.45, 7) is 11.0. The number of nitrogens with zero attached hydrogens (tertiary/aromatic N) is 2. The molecule has 0 amide bonds. The zero-order chi connectivity index (χ0) is 28.3. The Hall–Kier alpha value is -2.93. The number of para-hydroxylation sites is 1. The molecule has 8 heteroatoms. The number of rotatable bonds is 9. The Kier molecular flexibility index (Phi) is 9.00. The van der Waals surface area contributed by atoms with E-state index in [0.29, 0.717) is 27.9 Å². The standard InChI is InChI=1S/C31H32Cl2N2O3S/c1-19(2)24-17-34-35(29-26(32)11-8-12-27(29)33)28(24)18-38-22-13-14-25(20(3)15-22)31(4,5)39-23-10-7-9-21(16-23)30(36)37-6/h7-17,19H,18H2,1-6H3. The minimum atomic E-state index is -0.341. The zero-order valence-electron chi connectivity index (χ0n) is 22.9. The predicted octanol–water partition coefficient (Wildman–Crippen LogP) is 9.00. The number of thioether (sulfide) groups is 1. The summed E-state index contributed by atoms with van der Waals surface area (Å²) in [5.41, 5.74) is 5.46. The van der Waals surface area contributed by atoms with Crippen LogP contribution in [-0.2, 0) is 16.1 Å². The lowest BCUT2D eigenvalue weighted by Gasteiger charge is -2.27. The maximum atomic E-state index is 12.0. The van der Waals surface area contributed by atoms with Crippen LogP contribution in [0.4, 0.5) is 0 Å². The number of hydrogen-bond donors (Lipinski definition) is 0. The van der Waals surface area contributed by atoms with E-state index in [9.17, 15) is 4.79 Å². The highest BCUT2D eigenvalue weighted by Gasteiger charge is 2.25. The summed E-state index contributed by atoms with van der Waals surface area (Å²) in [6.07, 6.45) is 1.85. The number of benzene rings is 3. The summed E-state index contributed by atoms with van der Waals surface area (Å²) in [5, 5.41) is 5.66. The first-order valence-corrected chi connectivity index (χ1v) is 14.2. The van der Waals surface area contributed by atoms with Gasteiger partial charge in [0.05, 0.1) is 34.6 Å². The highest BCUT2D eigenvalue weighted by atomic mass is 35.5. The number of carbonyl (C=O) groups is 1. The molecule has 1 heterocycles. The van der Waals surface area contributed by atoms with Gasteiger partial charge in [0.1, 0.15) is 18.0 Å². The number of methoxy groups -OCH3 is 1. The molecular formula is C31H32Cl2N2O3S. The molecule has 0 spiro atoms. The van der Waals surface area contributed by atoms with Crippen LogP contribution in [0.15, 0.2) is 71.8 Å². The van der Waals surface area contributed by atoms with Crippen LogP contribution in [0.5, 0.6) is 5.75 Å². The third-order valence-electron chi connectivity index (χ3n) is 6.52. The van der Waals surface area contributed by atoms with Crippen molar-refractivity contribution < 1.29 is 14.3 Å². The van der Waals surface area contributed by atoms with Gasteiger partial charge in [-0.25, -0.2) is 9.48 Å². The number of esters is 1. The molecule has 39 heavy (non-hydrogen) atoms. The van der Waals surface area contributed by atoms with E-state index in [0.717, 1.165) is 27.5 Å². The number of hydrogen-bond acceptors (Lipinski definition) is 5. The number of aryl methyl sites for hydroxylation is 1. The Balaban J connectivity index is 1.56. The van der Waals surface area contributed by atoms with Crippen LogP contribution >= 0.6 is 35.0 Å². The average Bonchev–Trinajstić information content (AvgIpc) is 3.30. The van der Waals surface area contributed by atoms with Gasteiger partial charge in [-0.1, -0.05) is 55.2 Å². The second-order valence-corrected chi connectivity index (χ2v) is 12.6. The fourth-order valence-electron chi connectivity index (χ4n) is 4.60. The predicted molar refractivity (Wildman–Crippen MR) is 160 cm³/mol. The van der Waals surface area contributed by atoms with E-state index in [-0.39, 0.29) is 16.6 Å². The van der Waals surface area contributed by atoms with Gasteiger partial charge in [-0.3, -0.25) is 0 Å². The van der Waals surface area contributed by atoms with E-state index in [1.807, 2.05) is 36.5 Å². The molecule has 3 aromatic carbocycles. The van der Waals surface area contributed by atoms with E-state index in [1.54, 1.807) is 34.6 Å². The van der Waals surface area contributed by atoms with Crippen molar-refractivity contribution in [1.29, 1.82) is 0 Å². The van der Waals surface area contributed by atoms with E-state index in [2.05, 4.69) is 51.9 Å². The second-order valence-electron chi connectivity index (χ2n) is 10.1. The molecule has 0 atom stereocenters. The quantitative estimate of drug-likeness (QED) is 0.145. The summed E-state index contributed by atoms with van der Waals surface area (Å²) in [7, 11) is 1.39.